The Bertz CT molecular complexity index is 1610. The zero-order valence-electron chi connectivity index (χ0n) is 33.9. The number of ether oxygens (including phenoxy) is 2. The Morgan fingerprint density at radius 3 is 1.97 bits per heavy atom. The molecule has 344 valence electrons. The van der Waals surface area contributed by atoms with Crippen molar-refractivity contribution in [2.24, 2.45) is 0 Å². The van der Waals surface area contributed by atoms with E-state index < -0.39 is 128 Å². The van der Waals surface area contributed by atoms with E-state index in [1.807, 2.05) is 0 Å². The molecule has 3 rings (SSSR count). The fourth-order valence-electron chi connectivity index (χ4n) is 7.01. The lowest BCUT2D eigenvalue weighted by atomic mass is 9.96. The highest BCUT2D eigenvalue weighted by atomic mass is 32.2. The second-order valence-electron chi connectivity index (χ2n) is 15.1. The molecule has 25 heteroatoms. The van der Waals surface area contributed by atoms with Gasteiger partial charge in [0.1, 0.15) is 54.6 Å². The lowest BCUT2D eigenvalue weighted by Crippen LogP contribution is -2.65. The molecule has 0 radical (unpaired) electrons. The summed E-state index contributed by atoms with van der Waals surface area (Å²) >= 11 is 1.74. The van der Waals surface area contributed by atoms with Gasteiger partial charge in [-0.3, -0.25) is 24.0 Å². The molecule has 13 N–H and O–H groups in total. The number of carbonyl (C=O) groups excluding carboxylic acids is 6. The van der Waals surface area contributed by atoms with Crippen molar-refractivity contribution < 1.29 is 83.3 Å². The van der Waals surface area contributed by atoms with Crippen LogP contribution in [0.15, 0.2) is 0 Å². The number of nitrogens with one attached hydrogen (secondary N) is 7. The van der Waals surface area contributed by atoms with Crippen molar-refractivity contribution in [1.29, 1.82) is 0 Å². The summed E-state index contributed by atoms with van der Waals surface area (Å²) in [7, 11) is 0. The number of rotatable bonds is 25. The Balaban J connectivity index is 1.41. The van der Waals surface area contributed by atoms with Gasteiger partial charge in [-0.25, -0.2) is 19.2 Å². The summed E-state index contributed by atoms with van der Waals surface area (Å²) in [5.41, 5.74) is 0. The van der Waals surface area contributed by atoms with Crippen LogP contribution in [0.5, 0.6) is 0 Å². The molecule has 0 aromatic carbocycles. The number of hydrogen-bond donors (Lipinski definition) is 13. The molecule has 3 heterocycles. The van der Waals surface area contributed by atoms with Crippen molar-refractivity contribution >= 4 is 65.2 Å². The summed E-state index contributed by atoms with van der Waals surface area (Å²) in [6, 6.07) is -7.29. The molecule has 3 aliphatic heterocycles. The average molecular weight is 892 g/mol. The van der Waals surface area contributed by atoms with E-state index >= 15 is 0 Å². The molecule has 13 atom stereocenters. The standard InChI is InChI=1S/C36H57N7O17S/c1-15(37-31(50)16(2)59-29-27(38-17(3)45)35(57)60-22(13-44)28(29)48)30(49)41-20(34(55)56)11-12-25(47)40-19(33(53)54)8-6-7-18(32(51)52)39-24(46)10-5-4-9-23-26-21(14-61-23)42-36(58)43-26/h15-16,18-23,26-29,35,44,48,57H,4-14H2,1-3H3,(H,37,50)(H,38,45)(H,39,46)(H,40,47)(H,41,49)(H,51,52)(H,53,54)(H,55,56)(H2,42,43,58)/t15-,16+,18+,19-,20+,21-,22+,23-,26-,27+,28+,29+,35?/m0/s1. The molecule has 3 aliphatic rings. The van der Waals surface area contributed by atoms with E-state index in [2.05, 4.69) is 37.2 Å². The van der Waals surface area contributed by atoms with Gasteiger partial charge in [-0.15, -0.1) is 0 Å². The fourth-order valence-corrected chi connectivity index (χ4v) is 8.55. The van der Waals surface area contributed by atoms with Crippen molar-refractivity contribution in [2.75, 3.05) is 12.4 Å². The molecule has 3 fully saturated rings. The van der Waals surface area contributed by atoms with Crippen molar-refractivity contribution in [3.8, 4) is 0 Å². The number of carboxylic acids is 3. The van der Waals surface area contributed by atoms with Gasteiger partial charge >= 0.3 is 23.9 Å². The molecule has 0 spiro atoms. The minimum atomic E-state index is -1.73. The van der Waals surface area contributed by atoms with E-state index in [4.69, 9.17) is 9.47 Å². The van der Waals surface area contributed by atoms with Gasteiger partial charge in [-0.2, -0.15) is 11.8 Å². The second kappa shape index (κ2) is 24.0. The number of aliphatic carboxylic acids is 3. The maximum absolute atomic E-state index is 12.9. The second-order valence-corrected chi connectivity index (χ2v) is 16.4. The molecule has 7 amide bonds. The summed E-state index contributed by atoms with van der Waals surface area (Å²) in [5, 5.41) is 76.8. The van der Waals surface area contributed by atoms with E-state index in [9.17, 15) is 73.8 Å². The molecule has 61 heavy (non-hydrogen) atoms. The third-order valence-electron chi connectivity index (χ3n) is 10.3. The highest BCUT2D eigenvalue weighted by molar-refractivity contribution is 8.00. The van der Waals surface area contributed by atoms with Crippen LogP contribution in [-0.4, -0.2) is 175 Å². The number of aliphatic hydroxyl groups excluding tert-OH is 3. The number of unbranched alkanes of at least 4 members (excludes halogenated alkanes) is 1. The van der Waals surface area contributed by atoms with Gasteiger partial charge < -0.3 is 77.3 Å². The average Bonchev–Trinajstić information content (AvgIpc) is 3.74. The van der Waals surface area contributed by atoms with Gasteiger partial charge in [0.2, 0.25) is 29.5 Å². The summed E-state index contributed by atoms with van der Waals surface area (Å²) < 4.78 is 10.7. The zero-order chi connectivity index (χ0) is 45.6. The third-order valence-corrected chi connectivity index (χ3v) is 11.8. The predicted octanol–water partition coefficient (Wildman–Crippen LogP) is -3.78. The van der Waals surface area contributed by atoms with Gasteiger partial charge in [0.05, 0.1) is 18.7 Å². The van der Waals surface area contributed by atoms with Crippen molar-refractivity contribution in [3.63, 3.8) is 0 Å². The van der Waals surface area contributed by atoms with Crippen LogP contribution in [0.1, 0.15) is 78.6 Å². The van der Waals surface area contributed by atoms with Gasteiger partial charge in [-0.1, -0.05) is 6.42 Å². The number of hydrogen-bond acceptors (Lipinski definition) is 15. The minimum Gasteiger partial charge on any atom is -0.480 e. The molecule has 0 bridgehead atoms. The van der Waals surface area contributed by atoms with Crippen LogP contribution < -0.4 is 37.2 Å². The molecular weight excluding hydrogens is 834 g/mol. The molecule has 0 aromatic heterocycles. The predicted molar refractivity (Wildman–Crippen MR) is 209 cm³/mol. The first-order valence-electron chi connectivity index (χ1n) is 19.8. The summed E-state index contributed by atoms with van der Waals surface area (Å²) in [6.45, 7) is 2.82. The van der Waals surface area contributed by atoms with E-state index in [0.717, 1.165) is 19.1 Å². The van der Waals surface area contributed by atoms with Crippen molar-refractivity contribution in [1.82, 2.24) is 37.2 Å². The normalized spacial score (nSPS) is 26.8. The van der Waals surface area contributed by atoms with Crippen molar-refractivity contribution in [3.05, 3.63) is 0 Å². The topological polar surface area (TPSA) is 378 Å². The molecule has 3 saturated heterocycles. The van der Waals surface area contributed by atoms with Crippen LogP contribution in [-0.2, 0) is 47.8 Å². The molecule has 1 unspecified atom stereocenters. The van der Waals surface area contributed by atoms with Gasteiger partial charge in [0.25, 0.3) is 0 Å². The Morgan fingerprint density at radius 1 is 0.803 bits per heavy atom. The van der Waals surface area contributed by atoms with E-state index in [1.54, 1.807) is 11.8 Å². The van der Waals surface area contributed by atoms with E-state index in [-0.39, 0.29) is 49.0 Å². The number of aliphatic hydroxyl groups is 3. The Kier molecular flexibility index (Phi) is 19.9. The van der Waals surface area contributed by atoms with Crippen LogP contribution in [0.2, 0.25) is 0 Å². The number of carboxylic acid groups (broad SMARTS) is 3. The summed E-state index contributed by atoms with van der Waals surface area (Å²) in [6.07, 6.45) is -7.00. The van der Waals surface area contributed by atoms with Crippen LogP contribution >= 0.6 is 11.8 Å². The highest BCUT2D eigenvalue weighted by Crippen LogP contribution is 2.33. The van der Waals surface area contributed by atoms with Gasteiger partial charge in [0.15, 0.2) is 6.29 Å². The Hall–Kier alpha value is -4.82. The molecule has 0 saturated carbocycles. The smallest absolute Gasteiger partial charge is 0.326 e. The molecule has 0 aromatic rings. The number of amides is 7. The minimum absolute atomic E-state index is 0.0308. The van der Waals surface area contributed by atoms with E-state index in [0.29, 0.717) is 12.8 Å². The SMILES string of the molecule is CC(=O)N[C@H]1C(O)O[C@H](CO)[C@@H](O)[C@@H]1O[C@H](C)C(=O)N[C@@H](C)C(=O)N[C@H](CCC(=O)N[C@@H](CCC[C@@H](NC(=O)CCCC[C@@H]1SC[C@@H]2NC(=O)N[C@@H]21)C(=O)O)C(=O)O)C(=O)O. The number of thioether (sulfide) groups is 1. The number of urea groups is 1. The summed E-state index contributed by atoms with van der Waals surface area (Å²) in [4.78, 5) is 110. The number of fused-ring (bicyclic) bond motifs is 1. The van der Waals surface area contributed by atoms with Crippen LogP contribution in [0.25, 0.3) is 0 Å². The van der Waals surface area contributed by atoms with Crippen molar-refractivity contribution in [2.45, 2.75) is 157 Å². The van der Waals surface area contributed by atoms with Crippen LogP contribution in [0.3, 0.4) is 0 Å². The number of carbonyl (C=O) groups is 9. The lowest BCUT2D eigenvalue weighted by molar-refractivity contribution is -0.266. The zero-order valence-corrected chi connectivity index (χ0v) is 34.7. The largest absolute Gasteiger partial charge is 0.480 e. The lowest BCUT2D eigenvalue weighted by Gasteiger charge is -2.43. The Morgan fingerprint density at radius 2 is 1.39 bits per heavy atom. The highest BCUT2D eigenvalue weighted by Gasteiger charge is 2.47. The Labute approximate surface area is 354 Å². The van der Waals surface area contributed by atoms with E-state index in [1.165, 1.54) is 13.8 Å². The fraction of sp³-hybridized carbons (Fsp3) is 0.750. The molecule has 0 aliphatic carbocycles. The maximum atomic E-state index is 12.9. The first-order chi connectivity index (χ1) is 28.7. The third kappa shape index (κ3) is 15.5. The molecular formula is C36H57N7O17S. The maximum Gasteiger partial charge on any atom is 0.326 e. The quantitative estimate of drug-likeness (QED) is 0.0309. The van der Waals surface area contributed by atoms with Gasteiger partial charge in [-0.05, 0) is 52.4 Å². The first kappa shape index (κ1) is 50.5. The summed E-state index contributed by atoms with van der Waals surface area (Å²) in [5.74, 6) is -7.46. The van der Waals surface area contributed by atoms with Gasteiger partial charge in [0, 0.05) is 30.8 Å². The monoisotopic (exact) mass is 891 g/mol. The van der Waals surface area contributed by atoms with Crippen LogP contribution in [0.4, 0.5) is 4.79 Å². The first-order valence-corrected chi connectivity index (χ1v) is 20.9. The van der Waals surface area contributed by atoms with Crippen LogP contribution in [0, 0.1) is 0 Å². The molecule has 24 nitrogen and oxygen atoms in total.